The monoisotopic (exact) mass is 473 g/mol. The molecule has 3 aliphatic rings. The van der Waals surface area contributed by atoms with Crippen LogP contribution in [0.5, 0.6) is 5.75 Å². The van der Waals surface area contributed by atoms with Gasteiger partial charge in [0, 0.05) is 24.0 Å². The first kappa shape index (κ1) is 23.6. The number of phenols is 1. The molecule has 0 aliphatic heterocycles. The molecule has 7 atom stereocenters. The van der Waals surface area contributed by atoms with Gasteiger partial charge in [0.1, 0.15) is 29.1 Å². The molecule has 2 saturated carbocycles. The molecule has 180 valence electrons. The number of primary amides is 1. The van der Waals surface area contributed by atoms with E-state index >= 15 is 0 Å². The molecule has 0 radical (unpaired) electrons. The number of aliphatic hydroxyl groups excluding tert-OH is 2. The number of nitrogens with two attached hydrogens (primary N) is 1. The van der Waals surface area contributed by atoms with Gasteiger partial charge in [0.25, 0.3) is 0 Å². The van der Waals surface area contributed by atoms with Gasteiger partial charge >= 0.3 is 5.97 Å². The lowest BCUT2D eigenvalue weighted by Gasteiger charge is -2.57. The third kappa shape index (κ3) is 2.74. The largest absolute Gasteiger partial charge is 0.507 e. The van der Waals surface area contributed by atoms with Crippen LogP contribution < -0.4 is 5.73 Å². The molecule has 0 saturated heterocycles. The van der Waals surface area contributed by atoms with Gasteiger partial charge in [0.2, 0.25) is 17.3 Å². The number of phenolic OH excluding ortho intramolecular Hbond substituents is 1. The summed E-state index contributed by atoms with van der Waals surface area (Å²) in [5, 5.41) is 54.9. The summed E-state index contributed by atoms with van der Waals surface area (Å²) >= 11 is 0. The molecule has 11 nitrogen and oxygen atoms in total. The molecule has 3 aliphatic carbocycles. The number of esters is 1. The van der Waals surface area contributed by atoms with E-state index in [4.69, 9.17) is 10.5 Å². The maximum atomic E-state index is 13.7. The summed E-state index contributed by atoms with van der Waals surface area (Å²) in [4.78, 5) is 51.0. The number of carbonyl (C=O) groups excluding carboxylic acids is 4. The molecular weight excluding hydrogens is 450 g/mol. The lowest BCUT2D eigenvalue weighted by molar-refractivity contribution is -0.247. The van der Waals surface area contributed by atoms with Gasteiger partial charge in [-0.25, -0.2) is 4.79 Å². The van der Waals surface area contributed by atoms with Crippen molar-refractivity contribution in [3.8, 4) is 5.75 Å². The minimum Gasteiger partial charge on any atom is -0.507 e. The molecule has 1 amide bonds. The second kappa shape index (κ2) is 7.49. The van der Waals surface area contributed by atoms with E-state index in [0.29, 0.717) is 5.56 Å². The lowest BCUT2D eigenvalue weighted by atomic mass is 9.51. The third-order valence-corrected chi connectivity index (χ3v) is 7.19. The number of rotatable bonds is 3. The van der Waals surface area contributed by atoms with Crippen molar-refractivity contribution in [3.05, 3.63) is 47.6 Å². The molecule has 2 unspecified atom stereocenters. The van der Waals surface area contributed by atoms with Gasteiger partial charge in [-0.2, -0.15) is 0 Å². The van der Waals surface area contributed by atoms with Gasteiger partial charge in [-0.1, -0.05) is 25.6 Å². The summed E-state index contributed by atoms with van der Waals surface area (Å²) in [5.74, 6) is -10.8. The first-order chi connectivity index (χ1) is 15.8. The Morgan fingerprint density at radius 1 is 1.24 bits per heavy atom. The molecule has 1 aromatic carbocycles. The number of ketones is 2. The van der Waals surface area contributed by atoms with Gasteiger partial charge < -0.3 is 36.0 Å². The van der Waals surface area contributed by atoms with Crippen LogP contribution >= 0.6 is 0 Å². The first-order valence-electron chi connectivity index (χ1n) is 10.4. The maximum Gasteiger partial charge on any atom is 0.330 e. The smallest absolute Gasteiger partial charge is 0.330 e. The molecule has 0 heterocycles. The van der Waals surface area contributed by atoms with E-state index in [1.807, 2.05) is 0 Å². The van der Waals surface area contributed by atoms with Crippen LogP contribution in [0, 0.1) is 11.8 Å². The Kier molecular flexibility index (Phi) is 5.20. The lowest BCUT2D eigenvalue weighted by Crippen LogP contribution is -2.80. The number of Topliss-reactive ketones (excluding diaryl/α,β-unsaturated/α-hetero) is 2. The van der Waals surface area contributed by atoms with Crippen LogP contribution in [0.3, 0.4) is 0 Å². The van der Waals surface area contributed by atoms with E-state index in [9.17, 15) is 44.7 Å². The standard InChI is InChI=1S/C23H23NO10/c1-3-12(27)34-20-13-8(2)9-5-4-6-10(25)14(9)17(28)16(13)19(30)23(33)18(29)15(21(24)31)11(26)7-22(20,23)32/h3-6,8,11,13,15,20,25-26,28,32-33H,1,7H2,2H3,(H2,24,31)/t8-,11?,13+,15?,20-,22-,23+/m0/s1. The average Bonchev–Trinajstić information content (AvgIpc) is 2.76. The number of benzene rings is 1. The van der Waals surface area contributed by atoms with Gasteiger partial charge in [-0.15, -0.1) is 0 Å². The minimum absolute atomic E-state index is 0.132. The Bertz CT molecular complexity index is 1190. The Labute approximate surface area is 192 Å². The summed E-state index contributed by atoms with van der Waals surface area (Å²) in [7, 11) is 0. The highest BCUT2D eigenvalue weighted by Gasteiger charge is 2.76. The summed E-state index contributed by atoms with van der Waals surface area (Å²) < 4.78 is 5.35. The van der Waals surface area contributed by atoms with Crippen molar-refractivity contribution in [2.45, 2.75) is 42.7 Å². The quantitative estimate of drug-likeness (QED) is 0.179. The van der Waals surface area contributed by atoms with Crippen LogP contribution in [-0.2, 0) is 23.9 Å². The molecule has 0 aromatic heterocycles. The number of amides is 1. The van der Waals surface area contributed by atoms with Gasteiger partial charge in [0.05, 0.1) is 11.7 Å². The summed E-state index contributed by atoms with van der Waals surface area (Å²) in [6.07, 6.45) is -3.92. The summed E-state index contributed by atoms with van der Waals surface area (Å²) in [6, 6.07) is 4.27. The molecular formula is C23H23NO10. The third-order valence-electron chi connectivity index (χ3n) is 7.19. The van der Waals surface area contributed by atoms with E-state index in [2.05, 4.69) is 6.58 Å². The molecule has 11 heteroatoms. The summed E-state index contributed by atoms with van der Waals surface area (Å²) in [6.45, 7) is 4.85. The van der Waals surface area contributed by atoms with E-state index < -0.39 is 88.1 Å². The van der Waals surface area contributed by atoms with Crippen molar-refractivity contribution in [3.63, 3.8) is 0 Å². The molecule has 0 spiro atoms. The molecule has 4 rings (SSSR count). The first-order valence-corrected chi connectivity index (χ1v) is 10.4. The van der Waals surface area contributed by atoms with Crippen LogP contribution in [0.1, 0.15) is 30.4 Å². The Morgan fingerprint density at radius 3 is 2.47 bits per heavy atom. The number of fused-ring (bicyclic) bond motifs is 3. The molecule has 0 bridgehead atoms. The van der Waals surface area contributed by atoms with E-state index in [1.165, 1.54) is 12.1 Å². The van der Waals surface area contributed by atoms with E-state index in [1.54, 1.807) is 13.0 Å². The van der Waals surface area contributed by atoms with Gasteiger partial charge in [0.15, 0.2) is 5.78 Å². The second-order valence-electron chi connectivity index (χ2n) is 8.86. The van der Waals surface area contributed by atoms with Crippen molar-refractivity contribution in [2.24, 2.45) is 17.6 Å². The molecule has 7 N–H and O–H groups in total. The highest BCUT2D eigenvalue weighted by molar-refractivity contribution is 6.26. The maximum absolute atomic E-state index is 13.7. The Morgan fingerprint density at radius 2 is 1.88 bits per heavy atom. The average molecular weight is 473 g/mol. The SMILES string of the molecule is C=CC(=O)O[C@H]1[C@H]2C(=C(O)c3c(O)cccc3[C@@H]2C)C(=O)[C@]2(O)C(=O)C(C(N)=O)C(O)C[C@]12O. The highest BCUT2D eigenvalue weighted by atomic mass is 16.6. The predicted molar refractivity (Wildman–Crippen MR) is 113 cm³/mol. The molecule has 2 fully saturated rings. The number of hydrogen-bond donors (Lipinski definition) is 6. The number of aliphatic hydroxyl groups is 4. The minimum atomic E-state index is -3.40. The van der Waals surface area contributed by atoms with Crippen molar-refractivity contribution < 1.29 is 49.4 Å². The fraction of sp³-hybridized carbons (Fsp3) is 0.391. The van der Waals surface area contributed by atoms with Crippen LogP contribution in [0.4, 0.5) is 0 Å². The fourth-order valence-electron chi connectivity index (χ4n) is 5.59. The van der Waals surface area contributed by atoms with Crippen LogP contribution in [0.2, 0.25) is 0 Å². The Hall–Kier alpha value is -3.54. The van der Waals surface area contributed by atoms with Crippen molar-refractivity contribution in [1.82, 2.24) is 0 Å². The van der Waals surface area contributed by atoms with Gasteiger partial charge in [-0.05, 0) is 17.5 Å². The Balaban J connectivity index is 2.05. The fourth-order valence-corrected chi connectivity index (χ4v) is 5.59. The number of ether oxygens (including phenoxy) is 1. The number of carbonyl (C=O) groups is 4. The van der Waals surface area contributed by atoms with Crippen molar-refractivity contribution in [1.29, 1.82) is 0 Å². The zero-order chi connectivity index (χ0) is 25.3. The zero-order valence-electron chi connectivity index (χ0n) is 18.0. The summed E-state index contributed by atoms with van der Waals surface area (Å²) in [5.41, 5.74) is -1.46. The van der Waals surface area contributed by atoms with Crippen molar-refractivity contribution in [2.75, 3.05) is 0 Å². The topological polar surface area (TPSA) is 205 Å². The van der Waals surface area contributed by atoms with Crippen LogP contribution in [0.25, 0.3) is 5.76 Å². The zero-order valence-corrected chi connectivity index (χ0v) is 18.0. The van der Waals surface area contributed by atoms with Crippen LogP contribution in [0.15, 0.2) is 36.4 Å². The predicted octanol–water partition coefficient (Wildman–Crippen LogP) is -1.03. The second-order valence-corrected chi connectivity index (χ2v) is 8.86. The number of aromatic hydroxyl groups is 1. The normalized spacial score (nSPS) is 36.8. The number of hydrogen-bond acceptors (Lipinski definition) is 10. The van der Waals surface area contributed by atoms with E-state index in [-0.39, 0.29) is 5.56 Å². The molecule has 1 aromatic rings. The molecule has 34 heavy (non-hydrogen) atoms. The highest BCUT2D eigenvalue weighted by Crippen LogP contribution is 2.57. The van der Waals surface area contributed by atoms with Crippen LogP contribution in [-0.4, -0.2) is 72.4 Å². The van der Waals surface area contributed by atoms with E-state index in [0.717, 1.165) is 6.08 Å². The van der Waals surface area contributed by atoms with Crippen molar-refractivity contribution >= 4 is 29.2 Å². The van der Waals surface area contributed by atoms with Gasteiger partial charge in [-0.3, -0.25) is 14.4 Å².